The predicted molar refractivity (Wildman–Crippen MR) is 112 cm³/mol. The van der Waals surface area contributed by atoms with Gasteiger partial charge in [0.15, 0.2) is 0 Å². The van der Waals surface area contributed by atoms with Gasteiger partial charge in [-0.1, -0.05) is 26.0 Å². The number of benzene rings is 1. The van der Waals surface area contributed by atoms with Gasteiger partial charge < -0.3 is 14.5 Å². The first-order chi connectivity index (χ1) is 13.6. The maximum atomic E-state index is 13.3. The van der Waals surface area contributed by atoms with Crippen molar-refractivity contribution in [1.29, 1.82) is 0 Å². The summed E-state index contributed by atoms with van der Waals surface area (Å²) in [5.74, 6) is 0.836. The van der Waals surface area contributed by atoms with Gasteiger partial charge in [-0.3, -0.25) is 9.59 Å². The van der Waals surface area contributed by atoms with E-state index < -0.39 is 0 Å². The summed E-state index contributed by atoms with van der Waals surface area (Å²) < 4.78 is 5.28. The van der Waals surface area contributed by atoms with Gasteiger partial charge in [-0.15, -0.1) is 11.3 Å². The van der Waals surface area contributed by atoms with Crippen molar-refractivity contribution >= 4 is 23.2 Å². The summed E-state index contributed by atoms with van der Waals surface area (Å²) >= 11 is 1.75. The zero-order valence-electron chi connectivity index (χ0n) is 16.8. The van der Waals surface area contributed by atoms with E-state index in [0.29, 0.717) is 19.5 Å². The normalized spacial score (nSPS) is 15.8. The second-order valence-electron chi connectivity index (χ2n) is 6.98. The minimum atomic E-state index is -0.117. The maximum Gasteiger partial charge on any atom is 0.242 e. The molecule has 0 saturated heterocycles. The van der Waals surface area contributed by atoms with E-state index in [4.69, 9.17) is 4.74 Å². The average Bonchev–Trinajstić information content (AvgIpc) is 3.21. The fourth-order valence-electron chi connectivity index (χ4n) is 3.77. The highest BCUT2D eigenvalue weighted by molar-refractivity contribution is 7.10. The van der Waals surface area contributed by atoms with Crippen LogP contribution in [0.3, 0.4) is 0 Å². The number of fused-ring (bicyclic) bond motifs is 1. The molecule has 0 radical (unpaired) electrons. The number of rotatable bonds is 7. The summed E-state index contributed by atoms with van der Waals surface area (Å²) in [4.78, 5) is 30.5. The minimum absolute atomic E-state index is 0.00733. The summed E-state index contributed by atoms with van der Waals surface area (Å²) in [5.41, 5.74) is 2.26. The highest BCUT2D eigenvalue weighted by Gasteiger charge is 2.33. The molecule has 150 valence electrons. The predicted octanol–water partition coefficient (Wildman–Crippen LogP) is 3.88. The van der Waals surface area contributed by atoms with Crippen molar-refractivity contribution in [1.82, 2.24) is 9.80 Å². The number of hydrogen-bond donors (Lipinski definition) is 0. The number of carbonyl (C=O) groups is 2. The molecule has 1 aliphatic heterocycles. The number of ether oxygens (including phenoxy) is 1. The molecule has 5 nitrogen and oxygen atoms in total. The first kappa shape index (κ1) is 20.4. The zero-order chi connectivity index (χ0) is 20.1. The maximum absolute atomic E-state index is 13.3. The lowest BCUT2D eigenvalue weighted by atomic mass is 9.93. The quantitative estimate of drug-likeness (QED) is 0.709. The first-order valence-corrected chi connectivity index (χ1v) is 10.7. The van der Waals surface area contributed by atoms with E-state index in [9.17, 15) is 9.59 Å². The van der Waals surface area contributed by atoms with E-state index in [0.717, 1.165) is 24.2 Å². The van der Waals surface area contributed by atoms with Crippen LogP contribution in [0.4, 0.5) is 0 Å². The van der Waals surface area contributed by atoms with Crippen molar-refractivity contribution in [3.8, 4) is 5.75 Å². The molecule has 0 saturated carbocycles. The van der Waals surface area contributed by atoms with Gasteiger partial charge in [0.2, 0.25) is 11.8 Å². The minimum Gasteiger partial charge on any atom is -0.497 e. The van der Waals surface area contributed by atoms with Crippen LogP contribution in [0.1, 0.15) is 48.7 Å². The molecule has 0 bridgehead atoms. The molecule has 2 heterocycles. The van der Waals surface area contributed by atoms with Crippen LogP contribution in [-0.4, -0.2) is 48.4 Å². The summed E-state index contributed by atoms with van der Waals surface area (Å²) in [5, 5.41) is 2.10. The van der Waals surface area contributed by atoms with E-state index in [1.165, 1.54) is 10.4 Å². The van der Waals surface area contributed by atoms with Crippen LogP contribution in [-0.2, 0) is 16.0 Å². The van der Waals surface area contributed by atoms with Gasteiger partial charge in [0.1, 0.15) is 5.75 Å². The van der Waals surface area contributed by atoms with Crippen molar-refractivity contribution in [3.63, 3.8) is 0 Å². The average molecular weight is 401 g/mol. The summed E-state index contributed by atoms with van der Waals surface area (Å²) in [7, 11) is 1.65. The van der Waals surface area contributed by atoms with Gasteiger partial charge in [-0.2, -0.15) is 0 Å². The number of amides is 2. The third kappa shape index (κ3) is 4.22. The van der Waals surface area contributed by atoms with E-state index in [1.807, 2.05) is 43.0 Å². The SMILES string of the molecule is CCCN(CC(=O)N1CCc2sccc2[C@@H]1c1ccc(OC)cc1)C(=O)CC. The fourth-order valence-corrected chi connectivity index (χ4v) is 4.67. The van der Waals surface area contributed by atoms with Crippen LogP contribution in [0.25, 0.3) is 0 Å². The van der Waals surface area contributed by atoms with Crippen molar-refractivity contribution in [2.75, 3.05) is 26.7 Å². The Balaban J connectivity index is 1.89. The van der Waals surface area contributed by atoms with Crippen molar-refractivity contribution < 1.29 is 14.3 Å². The van der Waals surface area contributed by atoms with Crippen LogP contribution >= 0.6 is 11.3 Å². The van der Waals surface area contributed by atoms with Crippen molar-refractivity contribution in [2.24, 2.45) is 0 Å². The topological polar surface area (TPSA) is 49.9 Å². The summed E-state index contributed by atoms with van der Waals surface area (Å²) in [6.07, 6.45) is 2.13. The van der Waals surface area contributed by atoms with Gasteiger partial charge in [0.05, 0.1) is 19.7 Å². The largest absolute Gasteiger partial charge is 0.497 e. The molecule has 28 heavy (non-hydrogen) atoms. The Labute approximate surface area is 170 Å². The molecule has 0 unspecified atom stereocenters. The standard InChI is InChI=1S/C22H28N2O3S/c1-4-12-23(20(25)5-2)15-21(26)24-13-10-19-18(11-14-28-19)22(24)16-6-8-17(27-3)9-7-16/h6-9,11,14,22H,4-5,10,12-13,15H2,1-3H3/t22-/m0/s1. The molecule has 2 aromatic rings. The van der Waals surface area contributed by atoms with Crippen LogP contribution in [0.15, 0.2) is 35.7 Å². The summed E-state index contributed by atoms with van der Waals surface area (Å²) in [6, 6.07) is 9.92. The molecule has 1 aromatic heterocycles. The van der Waals surface area contributed by atoms with E-state index in [1.54, 1.807) is 23.3 Å². The Hall–Kier alpha value is -2.34. The summed E-state index contributed by atoms with van der Waals surface area (Å²) in [6.45, 7) is 5.30. The van der Waals surface area contributed by atoms with Crippen LogP contribution in [0, 0.1) is 0 Å². The van der Waals surface area contributed by atoms with Gasteiger partial charge in [0, 0.05) is 24.4 Å². The fraction of sp³-hybridized carbons (Fsp3) is 0.455. The Morgan fingerprint density at radius 1 is 1.21 bits per heavy atom. The van der Waals surface area contributed by atoms with Gasteiger partial charge in [0.25, 0.3) is 0 Å². The Morgan fingerprint density at radius 3 is 2.61 bits per heavy atom. The highest BCUT2D eigenvalue weighted by Crippen LogP contribution is 2.38. The lowest BCUT2D eigenvalue weighted by molar-refractivity contribution is -0.141. The Kier molecular flexibility index (Phi) is 6.73. The number of nitrogens with zero attached hydrogens (tertiary/aromatic N) is 2. The zero-order valence-corrected chi connectivity index (χ0v) is 17.6. The van der Waals surface area contributed by atoms with Crippen LogP contribution in [0.2, 0.25) is 0 Å². The third-order valence-electron chi connectivity index (χ3n) is 5.19. The Morgan fingerprint density at radius 2 is 1.96 bits per heavy atom. The van der Waals surface area contributed by atoms with Crippen molar-refractivity contribution in [3.05, 3.63) is 51.7 Å². The lowest BCUT2D eigenvalue weighted by Gasteiger charge is -2.37. The number of carbonyl (C=O) groups excluding carboxylic acids is 2. The highest BCUT2D eigenvalue weighted by atomic mass is 32.1. The molecule has 1 atom stereocenters. The lowest BCUT2D eigenvalue weighted by Crippen LogP contribution is -2.46. The number of thiophene rings is 1. The number of hydrogen-bond acceptors (Lipinski definition) is 4. The molecule has 6 heteroatoms. The van der Waals surface area contributed by atoms with Crippen molar-refractivity contribution in [2.45, 2.75) is 39.2 Å². The Bertz CT molecular complexity index is 815. The van der Waals surface area contributed by atoms with Gasteiger partial charge in [-0.05, 0) is 47.5 Å². The second-order valence-corrected chi connectivity index (χ2v) is 7.98. The smallest absolute Gasteiger partial charge is 0.242 e. The number of methoxy groups -OCH3 is 1. The molecule has 1 aliphatic rings. The van der Waals surface area contributed by atoms with E-state index >= 15 is 0 Å². The van der Waals surface area contributed by atoms with E-state index in [2.05, 4.69) is 11.4 Å². The molecule has 3 rings (SSSR count). The molecule has 1 aromatic carbocycles. The van der Waals surface area contributed by atoms with E-state index in [-0.39, 0.29) is 24.4 Å². The molecular weight excluding hydrogens is 372 g/mol. The molecule has 0 fully saturated rings. The first-order valence-electron chi connectivity index (χ1n) is 9.86. The van der Waals surface area contributed by atoms with Crippen LogP contribution < -0.4 is 4.74 Å². The second kappa shape index (κ2) is 9.24. The van der Waals surface area contributed by atoms with Crippen LogP contribution in [0.5, 0.6) is 5.75 Å². The molecule has 0 N–H and O–H groups in total. The van der Waals surface area contributed by atoms with Gasteiger partial charge >= 0.3 is 0 Å². The molecule has 0 aliphatic carbocycles. The third-order valence-corrected chi connectivity index (χ3v) is 6.19. The monoisotopic (exact) mass is 400 g/mol. The van der Waals surface area contributed by atoms with Gasteiger partial charge in [-0.25, -0.2) is 0 Å². The molecule has 0 spiro atoms. The molecular formula is C22H28N2O3S. The molecule has 2 amide bonds.